The molecule has 2 atom stereocenters. The second-order valence-electron chi connectivity index (χ2n) is 6.82. The van der Waals surface area contributed by atoms with Crippen LogP contribution in [0.25, 0.3) is 0 Å². The van der Waals surface area contributed by atoms with Crippen molar-refractivity contribution in [2.75, 3.05) is 52.9 Å². The van der Waals surface area contributed by atoms with E-state index in [9.17, 15) is 0 Å². The van der Waals surface area contributed by atoms with Crippen molar-refractivity contribution in [1.29, 1.82) is 0 Å². The fourth-order valence-electron chi connectivity index (χ4n) is 3.47. The van der Waals surface area contributed by atoms with Crippen LogP contribution >= 0.6 is 0 Å². The Morgan fingerprint density at radius 2 is 1.89 bits per heavy atom. The van der Waals surface area contributed by atoms with Gasteiger partial charge in [-0.2, -0.15) is 0 Å². The van der Waals surface area contributed by atoms with Gasteiger partial charge in [-0.3, -0.25) is 9.80 Å². The first-order chi connectivity index (χ1) is 9.03. The van der Waals surface area contributed by atoms with Crippen molar-refractivity contribution in [2.24, 2.45) is 5.92 Å². The molecule has 0 bridgehead atoms. The summed E-state index contributed by atoms with van der Waals surface area (Å²) in [6, 6.07) is 0. The highest BCUT2D eigenvalue weighted by atomic mass is 16.5. The smallest absolute Gasteiger partial charge is 0.0724 e. The van der Waals surface area contributed by atoms with Crippen molar-refractivity contribution in [3.05, 3.63) is 0 Å². The number of hydrogen-bond acceptors (Lipinski definition) is 4. The van der Waals surface area contributed by atoms with Gasteiger partial charge >= 0.3 is 0 Å². The first-order valence-electron chi connectivity index (χ1n) is 7.74. The number of likely N-dealkylation sites (tertiary alicyclic amines) is 1. The van der Waals surface area contributed by atoms with Crippen LogP contribution in [0.3, 0.4) is 0 Å². The lowest BCUT2D eigenvalue weighted by Crippen LogP contribution is -2.59. The quantitative estimate of drug-likeness (QED) is 0.825. The number of nitrogens with zero attached hydrogens (tertiary/aromatic N) is 2. The highest BCUT2D eigenvalue weighted by Gasteiger charge is 2.33. The molecule has 0 aromatic rings. The Labute approximate surface area is 118 Å². The Morgan fingerprint density at radius 1 is 1.21 bits per heavy atom. The predicted octanol–water partition coefficient (Wildman–Crippen LogP) is 1.03. The van der Waals surface area contributed by atoms with Crippen molar-refractivity contribution in [3.8, 4) is 0 Å². The minimum Gasteiger partial charge on any atom is -0.380 e. The first kappa shape index (κ1) is 15.2. The molecule has 0 saturated carbocycles. The fraction of sp³-hybridized carbons (Fsp3) is 1.00. The molecule has 0 aliphatic carbocycles. The Morgan fingerprint density at radius 3 is 2.53 bits per heavy atom. The molecule has 112 valence electrons. The summed E-state index contributed by atoms with van der Waals surface area (Å²) in [6.45, 7) is 15.1. The highest BCUT2D eigenvalue weighted by molar-refractivity contribution is 4.90. The molecule has 0 spiro atoms. The van der Waals surface area contributed by atoms with E-state index in [1.165, 1.54) is 26.1 Å². The third-order valence-electron chi connectivity index (χ3n) is 4.86. The van der Waals surface area contributed by atoms with E-state index in [2.05, 4.69) is 35.9 Å². The number of hydrogen-bond donors (Lipinski definition) is 1. The summed E-state index contributed by atoms with van der Waals surface area (Å²) in [7, 11) is 1.85. The van der Waals surface area contributed by atoms with E-state index in [0.29, 0.717) is 12.0 Å². The first-order valence-corrected chi connectivity index (χ1v) is 7.74. The largest absolute Gasteiger partial charge is 0.380 e. The normalized spacial score (nSPS) is 31.6. The molecule has 19 heavy (non-hydrogen) atoms. The minimum absolute atomic E-state index is 0.265. The molecule has 0 aromatic carbocycles. The van der Waals surface area contributed by atoms with Gasteiger partial charge in [-0.1, -0.05) is 6.92 Å². The van der Waals surface area contributed by atoms with Crippen molar-refractivity contribution >= 4 is 0 Å². The topological polar surface area (TPSA) is 27.7 Å². The molecule has 2 saturated heterocycles. The van der Waals surface area contributed by atoms with Crippen LogP contribution in [0.2, 0.25) is 0 Å². The SMILES string of the molecule is COC1CN(CC(C)(C)N2CCNCC2)CCC1C. The van der Waals surface area contributed by atoms with Gasteiger partial charge in [0.2, 0.25) is 0 Å². The van der Waals surface area contributed by atoms with Gasteiger partial charge in [-0.25, -0.2) is 0 Å². The molecule has 0 aromatic heterocycles. The van der Waals surface area contributed by atoms with Crippen molar-refractivity contribution < 1.29 is 4.74 Å². The number of rotatable bonds is 4. The molecule has 2 fully saturated rings. The monoisotopic (exact) mass is 269 g/mol. The number of ether oxygens (including phenoxy) is 1. The third-order valence-corrected chi connectivity index (χ3v) is 4.86. The van der Waals surface area contributed by atoms with Crippen LogP contribution < -0.4 is 5.32 Å². The molecule has 4 heteroatoms. The second kappa shape index (κ2) is 6.53. The molecule has 0 radical (unpaired) electrons. The molecule has 2 rings (SSSR count). The van der Waals surface area contributed by atoms with Crippen LogP contribution in [-0.2, 0) is 4.74 Å². The molecular weight excluding hydrogens is 238 g/mol. The van der Waals surface area contributed by atoms with Gasteiger partial charge in [0.15, 0.2) is 0 Å². The molecule has 2 aliphatic heterocycles. The Bertz CT molecular complexity index is 277. The maximum absolute atomic E-state index is 5.63. The van der Waals surface area contributed by atoms with Crippen molar-refractivity contribution in [3.63, 3.8) is 0 Å². The van der Waals surface area contributed by atoms with Gasteiger partial charge in [0.25, 0.3) is 0 Å². The molecule has 2 unspecified atom stereocenters. The van der Waals surface area contributed by atoms with Crippen LogP contribution in [0.15, 0.2) is 0 Å². The molecular formula is C15H31N3O. The maximum atomic E-state index is 5.63. The number of nitrogens with one attached hydrogen (secondary N) is 1. The molecule has 4 nitrogen and oxygen atoms in total. The van der Waals surface area contributed by atoms with Crippen LogP contribution in [0.4, 0.5) is 0 Å². The van der Waals surface area contributed by atoms with Gasteiger partial charge in [-0.05, 0) is 32.7 Å². The number of piperazine rings is 1. The summed E-state index contributed by atoms with van der Waals surface area (Å²) in [5.41, 5.74) is 0.265. The van der Waals surface area contributed by atoms with Gasteiger partial charge in [0, 0.05) is 51.9 Å². The van der Waals surface area contributed by atoms with Gasteiger partial charge in [0.05, 0.1) is 6.10 Å². The average molecular weight is 269 g/mol. The van der Waals surface area contributed by atoms with Crippen LogP contribution in [0.1, 0.15) is 27.2 Å². The molecule has 0 amide bonds. The van der Waals surface area contributed by atoms with E-state index < -0.39 is 0 Å². The summed E-state index contributed by atoms with van der Waals surface area (Å²) in [5.74, 6) is 0.698. The summed E-state index contributed by atoms with van der Waals surface area (Å²) in [5, 5.41) is 3.44. The van der Waals surface area contributed by atoms with E-state index in [1.54, 1.807) is 0 Å². The summed E-state index contributed by atoms with van der Waals surface area (Å²) in [4.78, 5) is 5.22. The zero-order valence-corrected chi connectivity index (χ0v) is 13.1. The van der Waals surface area contributed by atoms with Gasteiger partial charge < -0.3 is 10.1 Å². The zero-order chi connectivity index (χ0) is 13.9. The lowest BCUT2D eigenvalue weighted by molar-refractivity contribution is -0.0249. The maximum Gasteiger partial charge on any atom is 0.0724 e. The number of piperidine rings is 1. The average Bonchev–Trinajstić information content (AvgIpc) is 2.42. The van der Waals surface area contributed by atoms with Crippen LogP contribution in [0.5, 0.6) is 0 Å². The molecule has 1 N–H and O–H groups in total. The van der Waals surface area contributed by atoms with E-state index in [-0.39, 0.29) is 5.54 Å². The summed E-state index contributed by atoms with van der Waals surface area (Å²) in [6.07, 6.45) is 1.67. The predicted molar refractivity (Wildman–Crippen MR) is 79.5 cm³/mol. The lowest BCUT2D eigenvalue weighted by Gasteiger charge is -2.46. The Balaban J connectivity index is 1.88. The summed E-state index contributed by atoms with van der Waals surface area (Å²) >= 11 is 0. The minimum atomic E-state index is 0.265. The van der Waals surface area contributed by atoms with Crippen molar-refractivity contribution in [1.82, 2.24) is 15.1 Å². The third kappa shape index (κ3) is 3.91. The lowest BCUT2D eigenvalue weighted by atomic mass is 9.93. The van der Waals surface area contributed by atoms with Crippen LogP contribution in [0, 0.1) is 5.92 Å². The van der Waals surface area contributed by atoms with Gasteiger partial charge in [-0.15, -0.1) is 0 Å². The molecule has 2 heterocycles. The zero-order valence-electron chi connectivity index (χ0n) is 13.1. The highest BCUT2D eigenvalue weighted by Crippen LogP contribution is 2.23. The van der Waals surface area contributed by atoms with Crippen molar-refractivity contribution in [2.45, 2.75) is 38.8 Å². The second-order valence-corrected chi connectivity index (χ2v) is 6.82. The number of methoxy groups -OCH3 is 1. The fourth-order valence-corrected chi connectivity index (χ4v) is 3.47. The van der Waals surface area contributed by atoms with E-state index in [0.717, 1.165) is 26.2 Å². The summed E-state index contributed by atoms with van der Waals surface area (Å²) < 4.78 is 5.63. The van der Waals surface area contributed by atoms with E-state index >= 15 is 0 Å². The Hall–Kier alpha value is -0.160. The van der Waals surface area contributed by atoms with Crippen LogP contribution in [-0.4, -0.2) is 74.4 Å². The standard InChI is InChI=1S/C15H31N3O/c1-13-5-8-17(11-14(13)19-4)12-15(2,3)18-9-6-16-7-10-18/h13-14,16H,5-12H2,1-4H3. The van der Waals surface area contributed by atoms with E-state index in [1.807, 2.05) is 7.11 Å². The van der Waals surface area contributed by atoms with Gasteiger partial charge in [0.1, 0.15) is 0 Å². The van der Waals surface area contributed by atoms with E-state index in [4.69, 9.17) is 4.74 Å². The molecule has 2 aliphatic rings. The Kier molecular flexibility index (Phi) is 5.23.